The molecule has 3 rings (SSSR count). The van der Waals surface area contributed by atoms with Gasteiger partial charge >= 0.3 is 6.18 Å². The predicted octanol–water partition coefficient (Wildman–Crippen LogP) is 5.70. The van der Waals surface area contributed by atoms with E-state index in [-0.39, 0.29) is 4.90 Å². The number of nitrogens with zero attached hydrogens (tertiary/aromatic N) is 1. The van der Waals surface area contributed by atoms with Gasteiger partial charge in [0.25, 0.3) is 0 Å². The van der Waals surface area contributed by atoms with Crippen LogP contribution in [0.4, 0.5) is 13.2 Å². The minimum atomic E-state index is -4.47. The molecule has 1 unspecified atom stereocenters. The zero-order valence-corrected chi connectivity index (χ0v) is 15.7. The Hall–Kier alpha value is -2.31. The van der Waals surface area contributed by atoms with Crippen molar-refractivity contribution in [3.05, 3.63) is 72.1 Å². The smallest absolute Gasteiger partial charge is 0.433 e. The van der Waals surface area contributed by atoms with E-state index in [9.17, 15) is 17.7 Å². The van der Waals surface area contributed by atoms with Gasteiger partial charge < -0.3 is 4.55 Å². The van der Waals surface area contributed by atoms with Crippen molar-refractivity contribution in [2.45, 2.75) is 24.9 Å². The first-order valence-corrected chi connectivity index (χ1v) is 9.64. The molecule has 6 heteroatoms. The van der Waals surface area contributed by atoms with E-state index in [4.69, 9.17) is 0 Å². The van der Waals surface area contributed by atoms with E-state index in [0.717, 1.165) is 27.8 Å². The second-order valence-electron chi connectivity index (χ2n) is 6.36. The van der Waals surface area contributed by atoms with Gasteiger partial charge in [-0.05, 0) is 59.4 Å². The van der Waals surface area contributed by atoms with Gasteiger partial charge in [-0.3, -0.25) is 4.98 Å². The molecule has 0 aliphatic heterocycles. The quantitative estimate of drug-likeness (QED) is 0.537. The Morgan fingerprint density at radius 2 is 1.63 bits per heavy atom. The summed E-state index contributed by atoms with van der Waals surface area (Å²) in [6, 6.07) is 14.9. The number of benzene rings is 2. The molecular weight excluding hydrogens is 371 g/mol. The monoisotopic (exact) mass is 389 g/mol. The topological polar surface area (TPSA) is 36.0 Å². The van der Waals surface area contributed by atoms with Crippen molar-refractivity contribution in [1.82, 2.24) is 4.98 Å². The molecule has 1 atom stereocenters. The van der Waals surface area contributed by atoms with Gasteiger partial charge in [-0.25, -0.2) is 0 Å². The number of aromatic nitrogens is 1. The van der Waals surface area contributed by atoms with Crippen LogP contribution in [0.15, 0.2) is 65.8 Å². The molecule has 0 spiro atoms. The Labute approximate surface area is 159 Å². The second-order valence-corrected chi connectivity index (χ2v) is 7.78. The third-order valence-corrected chi connectivity index (χ3v) is 5.75. The lowest BCUT2D eigenvalue weighted by Gasteiger charge is -2.17. The Kier molecular flexibility index (Phi) is 5.58. The number of hydrogen-bond acceptors (Lipinski definition) is 2. The highest BCUT2D eigenvalue weighted by molar-refractivity contribution is 7.91. The van der Waals surface area contributed by atoms with Gasteiger partial charge in [0.05, 0.1) is 0 Å². The number of alkyl halides is 3. The summed E-state index contributed by atoms with van der Waals surface area (Å²) < 4.78 is 50.3. The van der Waals surface area contributed by atoms with Gasteiger partial charge in [0.1, 0.15) is 0 Å². The van der Waals surface area contributed by atoms with E-state index in [1.54, 1.807) is 31.5 Å². The van der Waals surface area contributed by atoms with Gasteiger partial charge in [-0.15, -0.1) is 0 Å². The number of rotatable bonds is 4. The Balaban J connectivity index is 2.03. The SMILES string of the molecule is Cc1cc(C)c([S+]([O-])CC(F)(F)F)cc1-c1cccc(-c2cccnc2)c1. The fraction of sp³-hybridized carbons (Fsp3) is 0.190. The van der Waals surface area contributed by atoms with Crippen LogP contribution < -0.4 is 0 Å². The summed E-state index contributed by atoms with van der Waals surface area (Å²) in [5.41, 5.74) is 5.06. The molecule has 27 heavy (non-hydrogen) atoms. The average Bonchev–Trinajstić information content (AvgIpc) is 2.61. The Morgan fingerprint density at radius 3 is 2.30 bits per heavy atom. The zero-order chi connectivity index (χ0) is 19.6. The van der Waals surface area contributed by atoms with Crippen LogP contribution in [0.2, 0.25) is 0 Å². The van der Waals surface area contributed by atoms with Gasteiger partial charge in [0.15, 0.2) is 4.90 Å². The van der Waals surface area contributed by atoms with Crippen LogP contribution >= 0.6 is 0 Å². The van der Waals surface area contributed by atoms with Gasteiger partial charge in [0.2, 0.25) is 5.75 Å². The first kappa shape index (κ1) is 19.5. The molecule has 0 bridgehead atoms. The summed E-state index contributed by atoms with van der Waals surface area (Å²) in [7, 11) is 0. The highest BCUT2D eigenvalue weighted by Gasteiger charge is 2.36. The first-order valence-electron chi connectivity index (χ1n) is 8.32. The largest absolute Gasteiger partial charge is 0.611 e. The molecule has 0 N–H and O–H groups in total. The Morgan fingerprint density at radius 1 is 0.926 bits per heavy atom. The summed E-state index contributed by atoms with van der Waals surface area (Å²) in [4.78, 5) is 4.34. The first-order chi connectivity index (χ1) is 12.7. The molecule has 0 saturated carbocycles. The van der Waals surface area contributed by atoms with Gasteiger partial charge in [0, 0.05) is 29.6 Å². The molecule has 0 aliphatic rings. The van der Waals surface area contributed by atoms with E-state index < -0.39 is 23.1 Å². The van der Waals surface area contributed by atoms with Crippen molar-refractivity contribution >= 4 is 11.2 Å². The fourth-order valence-electron chi connectivity index (χ4n) is 3.01. The third kappa shape index (κ3) is 4.70. The van der Waals surface area contributed by atoms with Gasteiger partial charge in [-0.1, -0.05) is 30.3 Å². The second kappa shape index (κ2) is 7.74. The molecule has 3 aromatic rings. The maximum absolute atomic E-state index is 12.7. The number of aryl methyl sites for hydroxylation is 2. The maximum Gasteiger partial charge on any atom is 0.433 e. The van der Waals surface area contributed by atoms with Gasteiger partial charge in [-0.2, -0.15) is 13.2 Å². The van der Waals surface area contributed by atoms with Crippen molar-refractivity contribution in [1.29, 1.82) is 0 Å². The van der Waals surface area contributed by atoms with Crippen molar-refractivity contribution in [3.63, 3.8) is 0 Å². The standard InChI is InChI=1S/C21H18F3NOS/c1-14-9-15(2)20(27(26)13-21(22,23)24)11-19(14)17-6-3-5-16(10-17)18-7-4-8-25-12-18/h3-12H,13H2,1-2H3. The highest BCUT2D eigenvalue weighted by atomic mass is 32.2. The van der Waals surface area contributed by atoms with Crippen molar-refractivity contribution < 1.29 is 17.7 Å². The fourth-order valence-corrected chi connectivity index (χ4v) is 4.14. The molecule has 0 fully saturated rings. The molecule has 0 saturated heterocycles. The van der Waals surface area contributed by atoms with Crippen LogP contribution in [0.25, 0.3) is 22.3 Å². The highest BCUT2D eigenvalue weighted by Crippen LogP contribution is 2.33. The van der Waals surface area contributed by atoms with E-state index in [1.165, 1.54) is 0 Å². The molecule has 2 nitrogen and oxygen atoms in total. The van der Waals surface area contributed by atoms with Crippen molar-refractivity contribution in [2.75, 3.05) is 5.75 Å². The predicted molar refractivity (Wildman–Crippen MR) is 102 cm³/mol. The number of pyridine rings is 1. The molecule has 0 radical (unpaired) electrons. The van der Waals surface area contributed by atoms with Crippen LogP contribution in [0.3, 0.4) is 0 Å². The average molecular weight is 389 g/mol. The summed E-state index contributed by atoms with van der Waals surface area (Å²) in [6.07, 6.45) is -1.02. The molecule has 0 amide bonds. The summed E-state index contributed by atoms with van der Waals surface area (Å²) in [5.74, 6) is -1.34. The third-order valence-electron chi connectivity index (χ3n) is 4.23. The summed E-state index contributed by atoms with van der Waals surface area (Å²) in [6.45, 7) is 3.59. The lowest BCUT2D eigenvalue weighted by atomic mass is 9.96. The van der Waals surface area contributed by atoms with E-state index in [0.29, 0.717) is 5.56 Å². The normalized spacial score (nSPS) is 12.8. The molecule has 2 aromatic carbocycles. The lowest BCUT2D eigenvalue weighted by molar-refractivity contribution is -0.106. The minimum Gasteiger partial charge on any atom is -0.611 e. The minimum absolute atomic E-state index is 0.222. The molecule has 1 aromatic heterocycles. The molecule has 140 valence electrons. The number of hydrogen-bond donors (Lipinski definition) is 0. The molecular formula is C21H18F3NOS. The van der Waals surface area contributed by atoms with Crippen LogP contribution in [0.5, 0.6) is 0 Å². The number of halogens is 3. The zero-order valence-electron chi connectivity index (χ0n) is 14.9. The van der Waals surface area contributed by atoms with Crippen LogP contribution in [-0.2, 0) is 11.2 Å². The summed E-state index contributed by atoms with van der Waals surface area (Å²) >= 11 is -2.13. The van der Waals surface area contributed by atoms with Crippen molar-refractivity contribution in [3.8, 4) is 22.3 Å². The van der Waals surface area contributed by atoms with Crippen LogP contribution in [0, 0.1) is 13.8 Å². The van der Waals surface area contributed by atoms with Crippen molar-refractivity contribution in [2.24, 2.45) is 0 Å². The Bertz CT molecular complexity index is 942. The summed E-state index contributed by atoms with van der Waals surface area (Å²) in [5, 5.41) is 0. The lowest BCUT2D eigenvalue weighted by Crippen LogP contribution is -2.23. The maximum atomic E-state index is 12.7. The van der Waals surface area contributed by atoms with Crippen LogP contribution in [0.1, 0.15) is 11.1 Å². The van der Waals surface area contributed by atoms with E-state index >= 15 is 0 Å². The molecule has 1 heterocycles. The molecule has 0 aliphatic carbocycles. The van der Waals surface area contributed by atoms with Crippen LogP contribution in [-0.4, -0.2) is 21.5 Å². The van der Waals surface area contributed by atoms with E-state index in [1.807, 2.05) is 43.3 Å². The van der Waals surface area contributed by atoms with E-state index in [2.05, 4.69) is 4.98 Å².